The van der Waals surface area contributed by atoms with Crippen molar-refractivity contribution in [3.8, 4) is 11.1 Å². The largest absolute Gasteiger partial charge is 0.467 e. The summed E-state index contributed by atoms with van der Waals surface area (Å²) < 4.78 is 5.03. The second-order valence-corrected chi connectivity index (χ2v) is 8.40. The van der Waals surface area contributed by atoms with E-state index in [0.717, 1.165) is 35.1 Å². The number of hydrazine groups is 2. The normalized spacial score (nSPS) is 13.7. The molecule has 1 amide bonds. The third-order valence-electron chi connectivity index (χ3n) is 5.68. The topological polar surface area (TPSA) is 95.1 Å². The predicted octanol–water partition coefficient (Wildman–Crippen LogP) is 3.34. The number of amidine groups is 1. The molecule has 0 saturated heterocycles. The molecule has 1 aliphatic heterocycles. The molecule has 1 atom stereocenters. The van der Waals surface area contributed by atoms with E-state index in [0.29, 0.717) is 18.8 Å². The van der Waals surface area contributed by atoms with E-state index in [1.165, 1.54) is 7.11 Å². The first kappa shape index (κ1) is 24.3. The van der Waals surface area contributed by atoms with Crippen LogP contribution in [-0.4, -0.2) is 35.8 Å². The van der Waals surface area contributed by atoms with Gasteiger partial charge in [0.15, 0.2) is 5.84 Å². The lowest BCUT2D eigenvalue weighted by molar-refractivity contribution is -0.155. The molecule has 176 valence electrons. The van der Waals surface area contributed by atoms with E-state index in [2.05, 4.69) is 21.6 Å². The minimum Gasteiger partial charge on any atom is -0.467 e. The lowest BCUT2D eigenvalue weighted by Gasteiger charge is -2.32. The van der Waals surface area contributed by atoms with Gasteiger partial charge < -0.3 is 9.64 Å². The molecule has 8 nitrogen and oxygen atoms in total. The minimum absolute atomic E-state index is 0.0271. The van der Waals surface area contributed by atoms with E-state index < -0.39 is 6.04 Å². The number of hydrogen-bond acceptors (Lipinski definition) is 7. The molecule has 0 fully saturated rings. The van der Waals surface area contributed by atoms with Crippen LogP contribution in [0.4, 0.5) is 0 Å². The van der Waals surface area contributed by atoms with Gasteiger partial charge in [0.2, 0.25) is 5.91 Å². The molecule has 33 heavy (non-hydrogen) atoms. The summed E-state index contributed by atoms with van der Waals surface area (Å²) in [6.45, 7) is 6.27. The second kappa shape index (κ2) is 11.5. The standard InChI is InChI=1S/C25H33N5O3/c1-5-6-11-22(31)30(23(17(2)3)25(32)33-4)16-18-12-14-19(15-13-18)20-9-7-8-10-21(20)24-26-28-29-27-24/h7-10,12-15,17,23,28-29H,5-6,11,16H2,1-4H3,(H,26,27)/t23-/m0/s1. The van der Waals surface area contributed by atoms with Crippen LogP contribution in [0.3, 0.4) is 0 Å². The molecule has 2 aromatic rings. The van der Waals surface area contributed by atoms with Crippen molar-refractivity contribution in [3.63, 3.8) is 0 Å². The minimum atomic E-state index is -0.619. The Kier molecular flexibility index (Phi) is 8.43. The lowest BCUT2D eigenvalue weighted by Crippen LogP contribution is -2.48. The summed E-state index contributed by atoms with van der Waals surface area (Å²) in [5, 5.41) is 4.21. The molecule has 1 aliphatic rings. The van der Waals surface area contributed by atoms with Crippen LogP contribution in [-0.2, 0) is 20.9 Å². The summed E-state index contributed by atoms with van der Waals surface area (Å²) in [5.74, 6) is 0.240. The van der Waals surface area contributed by atoms with E-state index in [1.54, 1.807) is 4.90 Å². The van der Waals surface area contributed by atoms with Crippen molar-refractivity contribution in [1.82, 2.24) is 21.4 Å². The Morgan fingerprint density at radius 1 is 1.06 bits per heavy atom. The predicted molar refractivity (Wildman–Crippen MR) is 129 cm³/mol. The third kappa shape index (κ3) is 5.90. The zero-order valence-corrected chi connectivity index (χ0v) is 19.7. The molecule has 0 aromatic heterocycles. The molecule has 0 unspecified atom stereocenters. The number of nitrogens with zero attached hydrogens (tertiary/aromatic N) is 2. The van der Waals surface area contributed by atoms with Gasteiger partial charge in [0.25, 0.3) is 0 Å². The fourth-order valence-electron chi connectivity index (χ4n) is 3.95. The Hall–Kier alpha value is -3.39. The van der Waals surface area contributed by atoms with Crippen LogP contribution in [0.25, 0.3) is 11.1 Å². The summed E-state index contributed by atoms with van der Waals surface area (Å²) in [5.41, 5.74) is 12.4. The van der Waals surface area contributed by atoms with Gasteiger partial charge in [-0.25, -0.2) is 10.3 Å². The molecular weight excluding hydrogens is 418 g/mol. The zero-order valence-electron chi connectivity index (χ0n) is 19.7. The van der Waals surface area contributed by atoms with Crippen molar-refractivity contribution >= 4 is 17.7 Å². The molecule has 1 heterocycles. The van der Waals surface area contributed by atoms with Gasteiger partial charge in [0, 0.05) is 18.5 Å². The van der Waals surface area contributed by atoms with Crippen LogP contribution in [0.5, 0.6) is 0 Å². The number of carbonyl (C=O) groups is 2. The number of amides is 1. The molecule has 8 heteroatoms. The summed E-state index contributed by atoms with van der Waals surface area (Å²) >= 11 is 0. The number of esters is 1. The Bertz CT molecular complexity index is 988. The van der Waals surface area contributed by atoms with E-state index >= 15 is 0 Å². The van der Waals surface area contributed by atoms with Crippen LogP contribution < -0.4 is 16.5 Å². The molecule has 0 radical (unpaired) electrons. The molecule has 0 saturated carbocycles. The number of rotatable bonds is 10. The average Bonchev–Trinajstić information content (AvgIpc) is 3.37. The van der Waals surface area contributed by atoms with Gasteiger partial charge in [-0.2, -0.15) is 0 Å². The van der Waals surface area contributed by atoms with E-state index in [4.69, 9.17) is 4.74 Å². The summed E-state index contributed by atoms with van der Waals surface area (Å²) in [4.78, 5) is 27.2. The molecule has 3 rings (SSSR count). The molecule has 3 N–H and O–H groups in total. The van der Waals surface area contributed by atoms with Gasteiger partial charge in [0.05, 0.1) is 7.11 Å². The number of nitrogens with one attached hydrogen (secondary N) is 3. The maximum atomic E-state index is 13.0. The first-order valence-corrected chi connectivity index (χ1v) is 11.4. The van der Waals surface area contributed by atoms with Crippen molar-refractivity contribution in [3.05, 3.63) is 59.7 Å². The van der Waals surface area contributed by atoms with Crippen molar-refractivity contribution in [1.29, 1.82) is 0 Å². The van der Waals surface area contributed by atoms with E-state index in [9.17, 15) is 9.59 Å². The second-order valence-electron chi connectivity index (χ2n) is 8.40. The lowest BCUT2D eigenvalue weighted by atomic mass is 9.97. The van der Waals surface area contributed by atoms with Crippen LogP contribution >= 0.6 is 0 Å². The van der Waals surface area contributed by atoms with Crippen LogP contribution in [0.1, 0.15) is 51.2 Å². The Morgan fingerprint density at radius 3 is 2.33 bits per heavy atom. The summed E-state index contributed by atoms with van der Waals surface area (Å²) in [7, 11) is 1.37. The average molecular weight is 452 g/mol. The Morgan fingerprint density at radius 2 is 1.76 bits per heavy atom. The highest BCUT2D eigenvalue weighted by molar-refractivity contribution is 6.04. The maximum Gasteiger partial charge on any atom is 0.328 e. The van der Waals surface area contributed by atoms with Gasteiger partial charge in [-0.15, -0.1) is 10.6 Å². The van der Waals surface area contributed by atoms with Crippen molar-refractivity contribution in [2.75, 3.05) is 7.11 Å². The number of ether oxygens (including phenoxy) is 1. The van der Waals surface area contributed by atoms with Gasteiger partial charge in [-0.3, -0.25) is 10.2 Å². The van der Waals surface area contributed by atoms with Crippen molar-refractivity contribution < 1.29 is 14.3 Å². The number of carbonyl (C=O) groups excluding carboxylic acids is 2. The van der Waals surface area contributed by atoms with Gasteiger partial charge >= 0.3 is 5.97 Å². The van der Waals surface area contributed by atoms with Gasteiger partial charge in [0.1, 0.15) is 6.04 Å². The highest BCUT2D eigenvalue weighted by Crippen LogP contribution is 2.26. The fraction of sp³-hybridized carbons (Fsp3) is 0.400. The molecular formula is C25H33N5O3. The van der Waals surface area contributed by atoms with Gasteiger partial charge in [-0.1, -0.05) is 75.7 Å². The quantitative estimate of drug-likeness (QED) is 0.480. The number of hydrazone groups is 1. The maximum absolute atomic E-state index is 13.0. The molecule has 0 aliphatic carbocycles. The van der Waals surface area contributed by atoms with E-state index in [-0.39, 0.29) is 17.8 Å². The fourth-order valence-corrected chi connectivity index (χ4v) is 3.95. The third-order valence-corrected chi connectivity index (χ3v) is 5.68. The smallest absolute Gasteiger partial charge is 0.328 e. The van der Waals surface area contributed by atoms with Crippen molar-refractivity contribution in [2.24, 2.45) is 11.0 Å². The zero-order chi connectivity index (χ0) is 23.8. The number of hydrogen-bond donors (Lipinski definition) is 3. The Labute approximate surface area is 195 Å². The first-order chi connectivity index (χ1) is 16.0. The summed E-state index contributed by atoms with van der Waals surface area (Å²) in [6.07, 6.45) is 2.13. The number of benzene rings is 2. The van der Waals surface area contributed by atoms with Gasteiger partial charge in [-0.05, 0) is 29.0 Å². The first-order valence-electron chi connectivity index (χ1n) is 11.4. The Balaban J connectivity index is 1.86. The number of unbranched alkanes of at least 4 members (excludes halogenated alkanes) is 1. The van der Waals surface area contributed by atoms with Crippen LogP contribution in [0.15, 0.2) is 53.6 Å². The molecule has 2 aromatic carbocycles. The number of methoxy groups -OCH3 is 1. The van der Waals surface area contributed by atoms with Crippen LogP contribution in [0.2, 0.25) is 0 Å². The molecule has 0 spiro atoms. The van der Waals surface area contributed by atoms with E-state index in [1.807, 2.05) is 69.3 Å². The monoisotopic (exact) mass is 451 g/mol. The highest BCUT2D eigenvalue weighted by Gasteiger charge is 2.33. The SMILES string of the molecule is CCCCC(=O)N(Cc1ccc(-c2ccccc2C2=NNNN2)cc1)[C@H](C(=O)OC)C(C)C. The van der Waals surface area contributed by atoms with Crippen molar-refractivity contribution in [2.45, 2.75) is 52.6 Å². The molecule has 0 bridgehead atoms. The summed E-state index contributed by atoms with van der Waals surface area (Å²) in [6, 6.07) is 15.4. The van der Waals surface area contributed by atoms with Crippen LogP contribution in [0, 0.1) is 5.92 Å². The highest BCUT2D eigenvalue weighted by atomic mass is 16.5.